The zero-order valence-electron chi connectivity index (χ0n) is 10.9. The van der Waals surface area contributed by atoms with E-state index < -0.39 is 44.1 Å². The van der Waals surface area contributed by atoms with Crippen LogP contribution < -0.4 is 10.5 Å². The minimum absolute atomic E-state index is 0. The molecule has 0 aliphatic carbocycles. The van der Waals surface area contributed by atoms with Crippen LogP contribution in [0.15, 0.2) is 29.2 Å². The molecule has 0 saturated carbocycles. The van der Waals surface area contributed by atoms with Crippen molar-refractivity contribution >= 4 is 34.1 Å². The zero-order chi connectivity index (χ0) is 15.3. The van der Waals surface area contributed by atoms with Crippen molar-refractivity contribution in [3.05, 3.63) is 34.4 Å². The second kappa shape index (κ2) is 7.88. The third kappa shape index (κ3) is 4.93. The Morgan fingerprint density at radius 1 is 1.48 bits per heavy atom. The van der Waals surface area contributed by atoms with Crippen LogP contribution in [0.1, 0.15) is 0 Å². The van der Waals surface area contributed by atoms with E-state index in [2.05, 4.69) is 4.74 Å². The number of rotatable bonds is 6. The van der Waals surface area contributed by atoms with Gasteiger partial charge in [0.2, 0.25) is 10.0 Å². The number of para-hydroxylation sites is 1. The van der Waals surface area contributed by atoms with Gasteiger partial charge in [-0.05, 0) is 6.07 Å². The van der Waals surface area contributed by atoms with Crippen LogP contribution in [0.4, 0.5) is 5.69 Å². The van der Waals surface area contributed by atoms with Crippen molar-refractivity contribution < 1.29 is 22.9 Å². The Morgan fingerprint density at radius 2 is 2.05 bits per heavy atom. The predicted octanol–water partition coefficient (Wildman–Crippen LogP) is -0.205. The molecule has 11 heteroatoms. The lowest BCUT2D eigenvalue weighted by molar-refractivity contribution is -0.387. The summed E-state index contributed by atoms with van der Waals surface area (Å²) in [6, 6.07) is 3.65. The number of hydrogen-bond acceptors (Lipinski definition) is 7. The largest absolute Gasteiger partial charge is 0.468 e. The van der Waals surface area contributed by atoms with Crippen LogP contribution in [0.5, 0.6) is 0 Å². The number of benzene rings is 1. The van der Waals surface area contributed by atoms with Gasteiger partial charge < -0.3 is 10.5 Å². The Kier molecular flexibility index (Phi) is 7.22. The molecule has 0 bridgehead atoms. The second-order valence-corrected chi connectivity index (χ2v) is 5.44. The summed E-state index contributed by atoms with van der Waals surface area (Å²) in [6.07, 6.45) is 0. The summed E-state index contributed by atoms with van der Waals surface area (Å²) in [5.41, 5.74) is 4.81. The first-order chi connectivity index (χ1) is 9.29. The van der Waals surface area contributed by atoms with Crippen LogP contribution >= 0.6 is 12.4 Å². The maximum absolute atomic E-state index is 11.9. The van der Waals surface area contributed by atoms with E-state index in [1.54, 1.807) is 0 Å². The summed E-state index contributed by atoms with van der Waals surface area (Å²) in [7, 11) is -3.04. The number of carbonyl (C=O) groups excluding carboxylic acids is 1. The Balaban J connectivity index is 0.00000400. The number of carbonyl (C=O) groups is 1. The van der Waals surface area contributed by atoms with Gasteiger partial charge in [-0.15, -0.1) is 12.4 Å². The average Bonchev–Trinajstić information content (AvgIpc) is 2.43. The van der Waals surface area contributed by atoms with Gasteiger partial charge in [0.05, 0.1) is 12.0 Å². The van der Waals surface area contributed by atoms with Gasteiger partial charge in [0.1, 0.15) is 6.04 Å². The summed E-state index contributed by atoms with van der Waals surface area (Å²) in [6.45, 7) is -0.430. The monoisotopic (exact) mass is 339 g/mol. The lowest BCUT2D eigenvalue weighted by atomic mass is 10.3. The molecule has 0 aliphatic heterocycles. The van der Waals surface area contributed by atoms with Gasteiger partial charge in [-0.25, -0.2) is 13.1 Å². The summed E-state index contributed by atoms with van der Waals surface area (Å²) < 4.78 is 30.3. The van der Waals surface area contributed by atoms with Gasteiger partial charge in [0, 0.05) is 12.6 Å². The molecule has 3 N–H and O–H groups in total. The molecule has 0 unspecified atom stereocenters. The molecule has 0 spiro atoms. The molecule has 1 atom stereocenters. The standard InChI is InChI=1S/C10H13N3O6S.ClH/c1-19-10(14)7(11)6-12-20(17,18)9-5-3-2-4-8(9)13(15)16;/h2-5,7,12H,6,11H2,1H3;1H/t7-;/m0./s1. The lowest BCUT2D eigenvalue weighted by Crippen LogP contribution is -2.43. The summed E-state index contributed by atoms with van der Waals surface area (Å²) in [5.74, 6) is -0.796. The fraction of sp³-hybridized carbons (Fsp3) is 0.300. The predicted molar refractivity (Wildman–Crippen MR) is 75.5 cm³/mol. The number of ether oxygens (including phenoxy) is 1. The number of methoxy groups -OCH3 is 1. The highest BCUT2D eigenvalue weighted by Crippen LogP contribution is 2.22. The van der Waals surface area contributed by atoms with Crippen molar-refractivity contribution in [1.82, 2.24) is 4.72 Å². The third-order valence-electron chi connectivity index (χ3n) is 2.35. The molecule has 1 rings (SSSR count). The minimum atomic E-state index is -4.15. The number of halogens is 1. The topological polar surface area (TPSA) is 142 Å². The molecule has 1 aromatic rings. The first-order valence-electron chi connectivity index (χ1n) is 5.36. The molecule has 21 heavy (non-hydrogen) atoms. The molecule has 0 aromatic heterocycles. The molecule has 0 aliphatic rings. The molecule has 0 amide bonds. The summed E-state index contributed by atoms with van der Waals surface area (Å²) in [4.78, 5) is 20.5. The average molecular weight is 340 g/mol. The number of nitrogens with zero attached hydrogens (tertiary/aromatic N) is 1. The smallest absolute Gasteiger partial charge is 0.324 e. The highest BCUT2D eigenvalue weighted by Gasteiger charge is 2.26. The highest BCUT2D eigenvalue weighted by molar-refractivity contribution is 7.89. The van der Waals surface area contributed by atoms with E-state index in [-0.39, 0.29) is 12.4 Å². The number of esters is 1. The Hall–Kier alpha value is -1.75. The first-order valence-corrected chi connectivity index (χ1v) is 6.84. The number of sulfonamides is 1. The van der Waals surface area contributed by atoms with Gasteiger partial charge in [0.15, 0.2) is 4.90 Å². The van der Waals surface area contributed by atoms with E-state index in [0.29, 0.717) is 0 Å². The molecule has 0 heterocycles. The second-order valence-electron chi connectivity index (χ2n) is 3.71. The first kappa shape index (κ1) is 19.2. The van der Waals surface area contributed by atoms with Gasteiger partial charge in [0.25, 0.3) is 5.69 Å². The van der Waals surface area contributed by atoms with Crippen LogP contribution in [0.2, 0.25) is 0 Å². The van der Waals surface area contributed by atoms with Crippen molar-refractivity contribution in [3.63, 3.8) is 0 Å². The highest BCUT2D eigenvalue weighted by atomic mass is 35.5. The Labute approximate surface area is 127 Å². The molecular weight excluding hydrogens is 326 g/mol. The summed E-state index contributed by atoms with van der Waals surface area (Å²) >= 11 is 0. The van der Waals surface area contributed by atoms with Gasteiger partial charge in [-0.2, -0.15) is 0 Å². The van der Waals surface area contributed by atoms with Gasteiger partial charge >= 0.3 is 5.97 Å². The molecule has 9 nitrogen and oxygen atoms in total. The van der Waals surface area contributed by atoms with E-state index in [1.807, 2.05) is 4.72 Å². The number of nitro benzene ring substituents is 1. The molecule has 0 fully saturated rings. The van der Waals surface area contributed by atoms with E-state index in [1.165, 1.54) is 12.1 Å². The molecule has 1 aromatic carbocycles. The minimum Gasteiger partial charge on any atom is -0.468 e. The maximum Gasteiger partial charge on any atom is 0.324 e. The van der Waals surface area contributed by atoms with Crippen molar-refractivity contribution in [3.8, 4) is 0 Å². The van der Waals surface area contributed by atoms with Gasteiger partial charge in [-0.1, -0.05) is 12.1 Å². The van der Waals surface area contributed by atoms with Gasteiger partial charge in [-0.3, -0.25) is 14.9 Å². The molecular formula is C10H14ClN3O6S. The molecule has 118 valence electrons. The molecule has 0 radical (unpaired) electrons. The zero-order valence-corrected chi connectivity index (χ0v) is 12.5. The Morgan fingerprint density at radius 3 is 2.57 bits per heavy atom. The van der Waals surface area contributed by atoms with E-state index >= 15 is 0 Å². The fourth-order valence-electron chi connectivity index (χ4n) is 1.35. The number of nitrogens with one attached hydrogen (secondary N) is 1. The van der Waals surface area contributed by atoms with Crippen molar-refractivity contribution in [2.45, 2.75) is 10.9 Å². The maximum atomic E-state index is 11.9. The van der Waals surface area contributed by atoms with Crippen molar-refractivity contribution in [1.29, 1.82) is 0 Å². The number of nitrogens with two attached hydrogens (primary N) is 1. The van der Waals surface area contributed by atoms with E-state index in [0.717, 1.165) is 19.2 Å². The van der Waals surface area contributed by atoms with Crippen molar-refractivity contribution in [2.24, 2.45) is 5.73 Å². The normalized spacial score (nSPS) is 12.1. The Bertz CT molecular complexity index is 621. The van der Waals surface area contributed by atoms with Crippen molar-refractivity contribution in [2.75, 3.05) is 13.7 Å². The van der Waals surface area contributed by atoms with Crippen LogP contribution in [-0.2, 0) is 19.6 Å². The van der Waals surface area contributed by atoms with Crippen LogP contribution in [0.3, 0.4) is 0 Å². The fourth-order valence-corrected chi connectivity index (χ4v) is 2.58. The van der Waals surface area contributed by atoms with Crippen LogP contribution in [0, 0.1) is 10.1 Å². The SMILES string of the molecule is COC(=O)[C@@H](N)CNS(=O)(=O)c1ccccc1[N+](=O)[O-].Cl. The quantitative estimate of drug-likeness (QED) is 0.415. The van der Waals surface area contributed by atoms with E-state index in [4.69, 9.17) is 5.73 Å². The van der Waals surface area contributed by atoms with E-state index in [9.17, 15) is 23.3 Å². The van der Waals surface area contributed by atoms with Crippen LogP contribution in [0.25, 0.3) is 0 Å². The molecule has 0 saturated heterocycles. The number of hydrogen-bond donors (Lipinski definition) is 2. The number of nitro groups is 1. The summed E-state index contributed by atoms with van der Waals surface area (Å²) in [5, 5.41) is 10.8. The van der Waals surface area contributed by atoms with Crippen LogP contribution in [-0.4, -0.2) is 39.0 Å². The lowest BCUT2D eigenvalue weighted by Gasteiger charge is -2.11. The third-order valence-corrected chi connectivity index (χ3v) is 3.82.